The van der Waals surface area contributed by atoms with Gasteiger partial charge in [0.2, 0.25) is 0 Å². The minimum absolute atomic E-state index is 0.0209. The summed E-state index contributed by atoms with van der Waals surface area (Å²) in [6.45, 7) is 0.527. The molecule has 0 radical (unpaired) electrons. The highest BCUT2D eigenvalue weighted by Crippen LogP contribution is 2.36. The molecule has 4 rings (SSSR count). The highest BCUT2D eigenvalue weighted by Gasteiger charge is 2.30. The van der Waals surface area contributed by atoms with Crippen LogP contribution in [0, 0.1) is 0 Å². The number of carbonyl (C=O) groups is 1. The molecule has 0 atom stereocenters. The van der Waals surface area contributed by atoms with Crippen LogP contribution in [0.15, 0.2) is 52.6 Å². The average molecular weight is 378 g/mol. The molecule has 142 valence electrons. The number of rotatable bonds is 5. The van der Waals surface area contributed by atoms with Gasteiger partial charge in [0, 0.05) is 23.0 Å². The average Bonchev–Trinajstić information content (AvgIpc) is 3.23. The Kier molecular flexibility index (Phi) is 4.54. The highest BCUT2D eigenvalue weighted by atomic mass is 16.6. The first-order valence-corrected chi connectivity index (χ1v) is 8.66. The van der Waals surface area contributed by atoms with E-state index in [-0.39, 0.29) is 12.5 Å². The van der Waals surface area contributed by atoms with E-state index < -0.39 is 5.97 Å². The third-order valence-electron chi connectivity index (χ3n) is 4.42. The summed E-state index contributed by atoms with van der Waals surface area (Å²) in [6, 6.07) is 12.5. The molecule has 2 heterocycles. The summed E-state index contributed by atoms with van der Waals surface area (Å²) < 4.78 is 4.80. The van der Waals surface area contributed by atoms with Gasteiger partial charge in [0.05, 0.1) is 23.9 Å². The monoisotopic (exact) mass is 378 g/mol. The predicted molar refractivity (Wildman–Crippen MR) is 105 cm³/mol. The number of carbonyl (C=O) groups excluding carboxylic acids is 1. The van der Waals surface area contributed by atoms with Gasteiger partial charge in [0.15, 0.2) is 5.88 Å². The molecule has 0 unspecified atom stereocenters. The van der Waals surface area contributed by atoms with Crippen molar-refractivity contribution in [3.8, 4) is 5.88 Å². The van der Waals surface area contributed by atoms with Gasteiger partial charge < -0.3 is 25.4 Å². The molecule has 0 saturated heterocycles. The number of nitrogens with one attached hydrogen (secondary N) is 1. The highest BCUT2D eigenvalue weighted by molar-refractivity contribution is 6.58. The van der Waals surface area contributed by atoms with E-state index in [1.54, 1.807) is 18.2 Å². The number of oxime groups is 1. The number of methoxy groups -OCH3 is 1. The number of hydrogen-bond acceptors (Lipinski definition) is 7. The third-order valence-corrected chi connectivity index (χ3v) is 4.42. The molecule has 1 aromatic heterocycles. The number of hydrogen-bond donors (Lipinski definition) is 3. The maximum absolute atomic E-state index is 11.9. The molecule has 2 aromatic carbocycles. The Hall–Kier alpha value is -3.65. The lowest BCUT2D eigenvalue weighted by Crippen LogP contribution is -2.15. The van der Waals surface area contributed by atoms with Gasteiger partial charge in [-0.05, 0) is 24.3 Å². The van der Waals surface area contributed by atoms with Crippen LogP contribution >= 0.6 is 0 Å². The molecule has 4 N–H and O–H groups in total. The number of nitrogens with zero attached hydrogens (tertiary/aromatic N) is 2. The molecule has 8 nitrogen and oxygen atoms in total. The van der Waals surface area contributed by atoms with Crippen LogP contribution in [0.3, 0.4) is 0 Å². The fourth-order valence-electron chi connectivity index (χ4n) is 3.17. The fourth-order valence-corrected chi connectivity index (χ4v) is 3.17. The first kappa shape index (κ1) is 17.7. The SMILES string of the molecule is COC(=O)c1ccc2c(c1)/C(=N\OCCN)C(c1c(O)[nH]c3ccccc13)=N2. The summed E-state index contributed by atoms with van der Waals surface area (Å²) in [6.07, 6.45) is 0. The smallest absolute Gasteiger partial charge is 0.337 e. The maximum Gasteiger partial charge on any atom is 0.337 e. The van der Waals surface area contributed by atoms with Gasteiger partial charge in [-0.25, -0.2) is 9.79 Å². The van der Waals surface area contributed by atoms with Crippen molar-refractivity contribution in [3.05, 3.63) is 59.2 Å². The lowest BCUT2D eigenvalue weighted by molar-refractivity contribution is 0.0600. The topological polar surface area (TPSA) is 122 Å². The molecular weight excluding hydrogens is 360 g/mol. The van der Waals surface area contributed by atoms with Gasteiger partial charge in [0.1, 0.15) is 18.0 Å². The quantitative estimate of drug-likeness (QED) is 0.358. The second-order valence-electron chi connectivity index (χ2n) is 6.14. The normalized spacial score (nSPS) is 14.2. The summed E-state index contributed by atoms with van der Waals surface area (Å²) in [5.41, 5.74) is 9.22. The van der Waals surface area contributed by atoms with Gasteiger partial charge in [-0.2, -0.15) is 0 Å². The summed E-state index contributed by atoms with van der Waals surface area (Å²) >= 11 is 0. The Morgan fingerprint density at radius 1 is 1.29 bits per heavy atom. The van der Waals surface area contributed by atoms with E-state index in [1.165, 1.54) is 7.11 Å². The van der Waals surface area contributed by atoms with Crippen LogP contribution in [0.2, 0.25) is 0 Å². The van der Waals surface area contributed by atoms with Crippen molar-refractivity contribution in [1.82, 2.24) is 4.98 Å². The van der Waals surface area contributed by atoms with E-state index in [2.05, 4.69) is 15.1 Å². The molecule has 0 saturated carbocycles. The number of nitrogens with two attached hydrogens (primary N) is 1. The number of ether oxygens (including phenoxy) is 1. The van der Waals surface area contributed by atoms with Crippen LogP contribution in [0.5, 0.6) is 5.88 Å². The van der Waals surface area contributed by atoms with Crippen molar-refractivity contribution < 1.29 is 19.5 Å². The Labute approximate surface area is 160 Å². The van der Waals surface area contributed by atoms with Gasteiger partial charge in [-0.3, -0.25) is 0 Å². The van der Waals surface area contributed by atoms with Gasteiger partial charge in [0.25, 0.3) is 0 Å². The number of fused-ring (bicyclic) bond motifs is 2. The molecule has 1 aliphatic heterocycles. The molecule has 0 aliphatic carbocycles. The number of esters is 1. The number of aromatic amines is 1. The lowest BCUT2D eigenvalue weighted by atomic mass is 9.99. The first-order chi connectivity index (χ1) is 13.6. The summed E-state index contributed by atoms with van der Waals surface area (Å²) in [5, 5.41) is 15.5. The second-order valence-corrected chi connectivity index (χ2v) is 6.14. The molecule has 8 heteroatoms. The zero-order valence-corrected chi connectivity index (χ0v) is 15.1. The number of para-hydroxylation sites is 1. The van der Waals surface area contributed by atoms with Gasteiger partial charge in [-0.15, -0.1) is 0 Å². The van der Waals surface area contributed by atoms with Crippen LogP contribution in [-0.2, 0) is 9.57 Å². The largest absolute Gasteiger partial charge is 0.494 e. The minimum Gasteiger partial charge on any atom is -0.494 e. The molecule has 28 heavy (non-hydrogen) atoms. The van der Waals surface area contributed by atoms with Crippen molar-refractivity contribution in [2.45, 2.75) is 0 Å². The van der Waals surface area contributed by atoms with E-state index in [0.29, 0.717) is 40.3 Å². The lowest BCUT2D eigenvalue weighted by Gasteiger charge is -2.06. The minimum atomic E-state index is -0.464. The molecular formula is C20H18N4O4. The van der Waals surface area contributed by atoms with Crippen LogP contribution < -0.4 is 5.73 Å². The Bertz CT molecular complexity index is 1130. The van der Waals surface area contributed by atoms with Crippen LogP contribution in [-0.4, -0.2) is 47.7 Å². The Balaban J connectivity index is 1.87. The van der Waals surface area contributed by atoms with Crippen molar-refractivity contribution in [3.63, 3.8) is 0 Å². The molecule has 0 fully saturated rings. The summed E-state index contributed by atoms with van der Waals surface area (Å²) in [4.78, 5) is 24.8. The zero-order valence-electron chi connectivity index (χ0n) is 15.1. The van der Waals surface area contributed by atoms with Crippen molar-refractivity contribution >= 4 is 34.0 Å². The number of aromatic nitrogens is 1. The predicted octanol–water partition coefficient (Wildman–Crippen LogP) is 2.47. The Morgan fingerprint density at radius 2 is 2.11 bits per heavy atom. The Morgan fingerprint density at radius 3 is 2.89 bits per heavy atom. The van der Waals surface area contributed by atoms with E-state index in [9.17, 15) is 9.90 Å². The van der Waals surface area contributed by atoms with Gasteiger partial charge in [-0.1, -0.05) is 23.4 Å². The molecule has 1 aliphatic rings. The van der Waals surface area contributed by atoms with E-state index >= 15 is 0 Å². The van der Waals surface area contributed by atoms with Crippen molar-refractivity contribution in [1.29, 1.82) is 0 Å². The third kappa shape index (κ3) is 2.89. The summed E-state index contributed by atoms with van der Waals surface area (Å²) in [7, 11) is 1.32. The number of H-pyrrole nitrogens is 1. The number of benzene rings is 2. The molecule has 0 bridgehead atoms. The fraction of sp³-hybridized carbons (Fsp3) is 0.150. The number of aliphatic imine (C=N–C) groups is 1. The van der Waals surface area contributed by atoms with Crippen LogP contribution in [0.25, 0.3) is 10.9 Å². The van der Waals surface area contributed by atoms with E-state index in [4.69, 9.17) is 15.3 Å². The molecule has 0 spiro atoms. The van der Waals surface area contributed by atoms with Gasteiger partial charge >= 0.3 is 5.97 Å². The van der Waals surface area contributed by atoms with Crippen molar-refractivity contribution in [2.24, 2.45) is 15.9 Å². The van der Waals surface area contributed by atoms with E-state index in [0.717, 1.165) is 10.9 Å². The standard InChI is InChI=1S/C20H18N4O4/c1-27-20(26)11-6-7-15-13(10-11)17(24-28-9-8-21)18(22-15)16-12-4-2-3-5-14(12)23-19(16)25/h2-7,10,23,25H,8-9,21H2,1H3/b24-17+. The van der Waals surface area contributed by atoms with Crippen molar-refractivity contribution in [2.75, 3.05) is 20.3 Å². The summed E-state index contributed by atoms with van der Waals surface area (Å²) in [5.74, 6) is -0.485. The first-order valence-electron chi connectivity index (χ1n) is 8.66. The van der Waals surface area contributed by atoms with Crippen LogP contribution in [0.1, 0.15) is 21.5 Å². The van der Waals surface area contributed by atoms with E-state index in [1.807, 2.05) is 24.3 Å². The molecule has 3 aromatic rings. The molecule has 0 amide bonds. The zero-order chi connectivity index (χ0) is 19.7. The maximum atomic E-state index is 11.9. The van der Waals surface area contributed by atoms with Crippen LogP contribution in [0.4, 0.5) is 5.69 Å². The number of aromatic hydroxyl groups is 1. The second kappa shape index (κ2) is 7.16.